The zero-order valence-electron chi connectivity index (χ0n) is 4.93. The standard InChI is InChI=1S/C5H6BrN3/c1-3-5(6)9-4(7)2-8-3/h2H,1H3,(H2,7,9). The van der Waals surface area contributed by atoms with Crippen molar-refractivity contribution >= 4 is 21.7 Å². The predicted molar refractivity (Wildman–Crippen MR) is 38.9 cm³/mol. The first kappa shape index (κ1) is 6.48. The number of rotatable bonds is 0. The molecule has 0 saturated carbocycles. The molecule has 0 aromatic carbocycles. The van der Waals surface area contributed by atoms with Gasteiger partial charge in [0.1, 0.15) is 10.4 Å². The summed E-state index contributed by atoms with van der Waals surface area (Å²) in [6, 6.07) is 0. The molecule has 1 heterocycles. The number of anilines is 1. The largest absolute Gasteiger partial charge is 0.382 e. The van der Waals surface area contributed by atoms with Crippen molar-refractivity contribution in [1.82, 2.24) is 9.97 Å². The van der Waals surface area contributed by atoms with E-state index < -0.39 is 0 Å². The first-order chi connectivity index (χ1) is 4.20. The topological polar surface area (TPSA) is 51.8 Å². The zero-order chi connectivity index (χ0) is 6.85. The molecule has 48 valence electrons. The van der Waals surface area contributed by atoms with Gasteiger partial charge in [-0.15, -0.1) is 0 Å². The Kier molecular flexibility index (Phi) is 1.66. The van der Waals surface area contributed by atoms with Gasteiger partial charge in [0, 0.05) is 0 Å². The second-order valence-corrected chi connectivity index (χ2v) is 2.42. The van der Waals surface area contributed by atoms with Gasteiger partial charge in [0.25, 0.3) is 0 Å². The number of nitrogens with zero attached hydrogens (tertiary/aromatic N) is 2. The lowest BCUT2D eigenvalue weighted by Gasteiger charge is -1.94. The molecule has 0 aliphatic heterocycles. The lowest BCUT2D eigenvalue weighted by molar-refractivity contribution is 1.09. The Bertz CT molecular complexity index is 223. The molecular formula is C5H6BrN3. The number of aromatic nitrogens is 2. The average Bonchev–Trinajstić information content (AvgIpc) is 1.80. The van der Waals surface area contributed by atoms with E-state index in [1.165, 1.54) is 6.20 Å². The van der Waals surface area contributed by atoms with Crippen molar-refractivity contribution in [2.45, 2.75) is 6.92 Å². The molecule has 0 aliphatic carbocycles. The van der Waals surface area contributed by atoms with Crippen LogP contribution in [0.2, 0.25) is 0 Å². The number of aryl methyl sites for hydroxylation is 1. The number of hydrogen-bond acceptors (Lipinski definition) is 3. The fourth-order valence-corrected chi connectivity index (χ4v) is 0.746. The summed E-state index contributed by atoms with van der Waals surface area (Å²) in [6.07, 6.45) is 1.53. The van der Waals surface area contributed by atoms with Gasteiger partial charge in [-0.1, -0.05) is 0 Å². The van der Waals surface area contributed by atoms with Gasteiger partial charge in [-0.3, -0.25) is 4.98 Å². The molecule has 0 unspecified atom stereocenters. The Hall–Kier alpha value is -0.640. The molecule has 4 heteroatoms. The van der Waals surface area contributed by atoms with E-state index in [4.69, 9.17) is 5.73 Å². The van der Waals surface area contributed by atoms with Crippen LogP contribution in [0.3, 0.4) is 0 Å². The zero-order valence-corrected chi connectivity index (χ0v) is 6.51. The van der Waals surface area contributed by atoms with Crippen molar-refractivity contribution in [3.8, 4) is 0 Å². The fraction of sp³-hybridized carbons (Fsp3) is 0.200. The first-order valence-corrected chi connectivity index (χ1v) is 3.24. The van der Waals surface area contributed by atoms with Crippen LogP contribution in [-0.4, -0.2) is 9.97 Å². The second kappa shape index (κ2) is 2.31. The maximum Gasteiger partial charge on any atom is 0.143 e. The molecule has 1 aromatic heterocycles. The Balaban J connectivity index is 3.17. The molecule has 0 spiro atoms. The van der Waals surface area contributed by atoms with Gasteiger partial charge < -0.3 is 5.73 Å². The van der Waals surface area contributed by atoms with E-state index in [-0.39, 0.29) is 0 Å². The molecule has 0 atom stereocenters. The van der Waals surface area contributed by atoms with Crippen LogP contribution < -0.4 is 5.73 Å². The number of halogens is 1. The van der Waals surface area contributed by atoms with Crippen LogP contribution in [0.1, 0.15) is 5.69 Å². The fourth-order valence-electron chi connectivity index (χ4n) is 0.439. The highest BCUT2D eigenvalue weighted by molar-refractivity contribution is 9.10. The predicted octanol–water partition coefficient (Wildman–Crippen LogP) is 1.13. The van der Waals surface area contributed by atoms with E-state index in [1.54, 1.807) is 0 Å². The van der Waals surface area contributed by atoms with E-state index in [0.29, 0.717) is 10.4 Å². The molecule has 9 heavy (non-hydrogen) atoms. The molecule has 0 aliphatic rings. The summed E-state index contributed by atoms with van der Waals surface area (Å²) in [5, 5.41) is 0. The second-order valence-electron chi connectivity index (χ2n) is 1.67. The summed E-state index contributed by atoms with van der Waals surface area (Å²) < 4.78 is 0.711. The third-order valence-corrected chi connectivity index (χ3v) is 1.67. The molecule has 1 rings (SSSR count). The van der Waals surface area contributed by atoms with Gasteiger partial charge >= 0.3 is 0 Å². The quantitative estimate of drug-likeness (QED) is 0.663. The van der Waals surface area contributed by atoms with Crippen LogP contribution in [0.4, 0.5) is 5.82 Å². The molecule has 0 radical (unpaired) electrons. The van der Waals surface area contributed by atoms with Gasteiger partial charge in [0.2, 0.25) is 0 Å². The maximum atomic E-state index is 5.32. The normalized spacial score (nSPS) is 9.56. The highest BCUT2D eigenvalue weighted by Gasteiger charge is 1.94. The Morgan fingerprint density at radius 1 is 1.67 bits per heavy atom. The lowest BCUT2D eigenvalue weighted by atomic mass is 10.5. The van der Waals surface area contributed by atoms with Crippen molar-refractivity contribution in [2.24, 2.45) is 0 Å². The van der Waals surface area contributed by atoms with Crippen LogP contribution >= 0.6 is 15.9 Å². The highest BCUT2D eigenvalue weighted by atomic mass is 79.9. The summed E-state index contributed by atoms with van der Waals surface area (Å²) in [7, 11) is 0. The van der Waals surface area contributed by atoms with Gasteiger partial charge in [0.15, 0.2) is 0 Å². The molecular weight excluding hydrogens is 182 g/mol. The Morgan fingerprint density at radius 2 is 2.33 bits per heavy atom. The third kappa shape index (κ3) is 1.38. The summed E-state index contributed by atoms with van der Waals surface area (Å²) >= 11 is 3.19. The number of hydrogen-bond donors (Lipinski definition) is 1. The van der Waals surface area contributed by atoms with Crippen molar-refractivity contribution in [3.05, 3.63) is 16.5 Å². The van der Waals surface area contributed by atoms with Crippen molar-refractivity contribution in [1.29, 1.82) is 0 Å². The van der Waals surface area contributed by atoms with E-state index in [0.717, 1.165) is 5.69 Å². The van der Waals surface area contributed by atoms with Crippen LogP contribution in [0, 0.1) is 6.92 Å². The monoisotopic (exact) mass is 187 g/mol. The maximum absolute atomic E-state index is 5.32. The number of nitrogen functional groups attached to an aromatic ring is 1. The van der Waals surface area contributed by atoms with Crippen LogP contribution in [-0.2, 0) is 0 Å². The molecule has 0 amide bonds. The van der Waals surface area contributed by atoms with Gasteiger partial charge in [-0.05, 0) is 22.9 Å². The van der Waals surface area contributed by atoms with Gasteiger partial charge in [-0.25, -0.2) is 4.98 Å². The minimum absolute atomic E-state index is 0.437. The summed E-state index contributed by atoms with van der Waals surface area (Å²) in [5.74, 6) is 0.437. The molecule has 0 saturated heterocycles. The van der Waals surface area contributed by atoms with E-state index in [9.17, 15) is 0 Å². The Labute approximate surface area is 61.4 Å². The summed E-state index contributed by atoms with van der Waals surface area (Å²) in [5.41, 5.74) is 6.18. The van der Waals surface area contributed by atoms with E-state index in [1.807, 2.05) is 6.92 Å². The highest BCUT2D eigenvalue weighted by Crippen LogP contribution is 2.10. The smallest absolute Gasteiger partial charge is 0.143 e. The van der Waals surface area contributed by atoms with E-state index >= 15 is 0 Å². The lowest BCUT2D eigenvalue weighted by Crippen LogP contribution is -1.93. The van der Waals surface area contributed by atoms with Gasteiger partial charge in [-0.2, -0.15) is 0 Å². The molecule has 2 N–H and O–H groups in total. The van der Waals surface area contributed by atoms with Crippen molar-refractivity contribution in [3.63, 3.8) is 0 Å². The number of nitrogens with two attached hydrogens (primary N) is 1. The first-order valence-electron chi connectivity index (χ1n) is 2.45. The van der Waals surface area contributed by atoms with E-state index in [2.05, 4.69) is 25.9 Å². The summed E-state index contributed by atoms with van der Waals surface area (Å²) in [4.78, 5) is 7.85. The molecule has 3 nitrogen and oxygen atoms in total. The van der Waals surface area contributed by atoms with Crippen LogP contribution in [0.25, 0.3) is 0 Å². The Morgan fingerprint density at radius 3 is 2.78 bits per heavy atom. The van der Waals surface area contributed by atoms with Crippen LogP contribution in [0.15, 0.2) is 10.8 Å². The summed E-state index contributed by atoms with van der Waals surface area (Å²) in [6.45, 7) is 1.86. The van der Waals surface area contributed by atoms with Gasteiger partial charge in [0.05, 0.1) is 11.9 Å². The van der Waals surface area contributed by atoms with Crippen LogP contribution in [0.5, 0.6) is 0 Å². The molecule has 1 aromatic rings. The van der Waals surface area contributed by atoms with Crippen molar-refractivity contribution < 1.29 is 0 Å². The molecule has 0 bridgehead atoms. The average molecular weight is 188 g/mol. The minimum atomic E-state index is 0.437. The minimum Gasteiger partial charge on any atom is -0.382 e. The SMILES string of the molecule is Cc1ncc(N)nc1Br. The third-order valence-electron chi connectivity index (χ3n) is 0.916. The molecule has 0 fully saturated rings. The van der Waals surface area contributed by atoms with Crippen molar-refractivity contribution in [2.75, 3.05) is 5.73 Å².